The molecule has 0 spiro atoms. The van der Waals surface area contributed by atoms with Gasteiger partial charge in [0.1, 0.15) is 12.4 Å². The molecule has 0 N–H and O–H groups in total. The van der Waals surface area contributed by atoms with Gasteiger partial charge in [-0.15, -0.1) is 0 Å². The minimum Gasteiger partial charge on any atom is -0.493 e. The SMILES string of the molecule is CCOC(=O)C1=C(C)N=c2s/c(=C/c3cc(I)cc(I)c3OCc3ccc(C#N)cc3)c(=O)n2[C@H]1c1ccc(OC(C)C)c(OC)c1. The van der Waals surface area contributed by atoms with Crippen molar-refractivity contribution in [2.24, 2.45) is 4.99 Å². The molecular weight excluding hydrogens is 844 g/mol. The van der Waals surface area contributed by atoms with Crippen molar-refractivity contribution in [1.29, 1.82) is 5.26 Å². The van der Waals surface area contributed by atoms with Crippen molar-refractivity contribution in [2.75, 3.05) is 13.7 Å². The highest BCUT2D eigenvalue weighted by Gasteiger charge is 2.34. The van der Waals surface area contributed by atoms with E-state index in [2.05, 4.69) is 51.3 Å². The second-order valence-corrected chi connectivity index (χ2v) is 14.2. The van der Waals surface area contributed by atoms with Crippen molar-refractivity contribution in [2.45, 2.75) is 46.4 Å². The fourth-order valence-corrected chi connectivity index (χ4v) is 8.21. The lowest BCUT2D eigenvalue weighted by Crippen LogP contribution is -2.40. The van der Waals surface area contributed by atoms with E-state index in [1.165, 1.54) is 11.3 Å². The summed E-state index contributed by atoms with van der Waals surface area (Å²) in [5.74, 6) is 1.12. The molecule has 242 valence electrons. The van der Waals surface area contributed by atoms with Crippen molar-refractivity contribution < 1.29 is 23.7 Å². The number of carbonyl (C=O) groups excluding carboxylic acids is 1. The third-order valence-electron chi connectivity index (χ3n) is 7.17. The van der Waals surface area contributed by atoms with E-state index in [1.807, 2.05) is 50.3 Å². The fraction of sp³-hybridized carbons (Fsp3) is 0.257. The number of ether oxygens (including phenoxy) is 4. The average Bonchev–Trinajstić information content (AvgIpc) is 3.33. The van der Waals surface area contributed by atoms with E-state index in [0.29, 0.717) is 43.4 Å². The molecule has 0 aliphatic carbocycles. The number of carbonyl (C=O) groups is 1. The number of rotatable bonds is 10. The van der Waals surface area contributed by atoms with E-state index < -0.39 is 12.0 Å². The van der Waals surface area contributed by atoms with Crippen LogP contribution in [0.1, 0.15) is 56.0 Å². The van der Waals surface area contributed by atoms with E-state index in [9.17, 15) is 9.59 Å². The summed E-state index contributed by atoms with van der Waals surface area (Å²) >= 11 is 5.71. The van der Waals surface area contributed by atoms with Crippen LogP contribution in [0.25, 0.3) is 6.08 Å². The summed E-state index contributed by atoms with van der Waals surface area (Å²) in [4.78, 5) is 32.8. The van der Waals surface area contributed by atoms with E-state index in [4.69, 9.17) is 29.2 Å². The van der Waals surface area contributed by atoms with Crippen LogP contribution in [0.4, 0.5) is 0 Å². The lowest BCUT2D eigenvalue weighted by Gasteiger charge is -2.25. The normalized spacial score (nSPS) is 14.4. The van der Waals surface area contributed by atoms with Gasteiger partial charge in [0.2, 0.25) is 0 Å². The Bertz CT molecular complexity index is 2100. The molecule has 0 amide bonds. The Labute approximate surface area is 303 Å². The summed E-state index contributed by atoms with van der Waals surface area (Å²) in [6, 6.07) is 17.9. The summed E-state index contributed by atoms with van der Waals surface area (Å²) in [6.45, 7) is 7.80. The number of esters is 1. The number of fused-ring (bicyclic) bond motifs is 1. The smallest absolute Gasteiger partial charge is 0.338 e. The number of halogens is 2. The quantitative estimate of drug-likeness (QED) is 0.137. The van der Waals surface area contributed by atoms with Gasteiger partial charge in [-0.25, -0.2) is 9.79 Å². The molecule has 0 saturated carbocycles. The zero-order valence-electron chi connectivity index (χ0n) is 26.3. The number of thiazole rings is 1. The molecule has 1 aliphatic heterocycles. The third kappa shape index (κ3) is 7.57. The zero-order chi connectivity index (χ0) is 33.8. The minimum absolute atomic E-state index is 0.0771. The van der Waals surface area contributed by atoms with Crippen LogP contribution in [0.15, 0.2) is 75.7 Å². The third-order valence-corrected chi connectivity index (χ3v) is 9.58. The highest BCUT2D eigenvalue weighted by Crippen LogP contribution is 2.37. The van der Waals surface area contributed by atoms with E-state index in [0.717, 1.165) is 18.3 Å². The van der Waals surface area contributed by atoms with Crippen LogP contribution >= 0.6 is 56.5 Å². The Balaban J connectivity index is 1.64. The molecule has 0 bridgehead atoms. The molecule has 4 aromatic rings. The van der Waals surface area contributed by atoms with Gasteiger partial charge in [-0.1, -0.05) is 29.5 Å². The first kappa shape index (κ1) is 34.6. The van der Waals surface area contributed by atoms with Crippen LogP contribution in [-0.2, 0) is 16.1 Å². The summed E-state index contributed by atoms with van der Waals surface area (Å²) in [6.07, 6.45) is 1.73. The maximum Gasteiger partial charge on any atom is 0.338 e. The molecule has 0 unspecified atom stereocenters. The number of nitrogens with zero attached hydrogens (tertiary/aromatic N) is 3. The zero-order valence-corrected chi connectivity index (χ0v) is 31.4. The number of aromatic nitrogens is 1. The van der Waals surface area contributed by atoms with Gasteiger partial charge in [0.15, 0.2) is 16.3 Å². The van der Waals surface area contributed by atoms with Crippen LogP contribution in [0.3, 0.4) is 0 Å². The largest absolute Gasteiger partial charge is 0.493 e. The molecule has 9 nitrogen and oxygen atoms in total. The highest BCUT2D eigenvalue weighted by atomic mass is 127. The summed E-state index contributed by atoms with van der Waals surface area (Å²) in [5, 5.41) is 9.13. The first-order valence-electron chi connectivity index (χ1n) is 14.7. The molecule has 0 radical (unpaired) electrons. The maximum absolute atomic E-state index is 14.3. The molecule has 12 heteroatoms. The van der Waals surface area contributed by atoms with Gasteiger partial charge in [-0.05, 0) is 126 Å². The van der Waals surface area contributed by atoms with E-state index in [-0.39, 0.29) is 30.5 Å². The minimum atomic E-state index is -0.808. The summed E-state index contributed by atoms with van der Waals surface area (Å²) < 4.78 is 27.2. The van der Waals surface area contributed by atoms with E-state index in [1.54, 1.807) is 49.8 Å². The molecule has 1 aromatic heterocycles. The summed E-state index contributed by atoms with van der Waals surface area (Å²) in [5.41, 5.74) is 3.31. The molecule has 1 atom stereocenters. The van der Waals surface area contributed by atoms with Crippen molar-refractivity contribution in [1.82, 2.24) is 4.57 Å². The monoisotopic (exact) mass is 875 g/mol. The molecule has 0 fully saturated rings. The van der Waals surface area contributed by atoms with Crippen molar-refractivity contribution in [3.8, 4) is 23.3 Å². The number of hydrogen-bond acceptors (Lipinski definition) is 9. The number of nitriles is 1. The number of allylic oxidation sites excluding steroid dienone is 1. The van der Waals surface area contributed by atoms with Gasteiger partial charge in [0.25, 0.3) is 5.56 Å². The van der Waals surface area contributed by atoms with Gasteiger partial charge in [0.05, 0.1) is 56.9 Å². The van der Waals surface area contributed by atoms with Crippen LogP contribution in [-0.4, -0.2) is 30.4 Å². The molecule has 5 rings (SSSR count). The van der Waals surface area contributed by atoms with Gasteiger partial charge in [-0.2, -0.15) is 5.26 Å². The van der Waals surface area contributed by atoms with Crippen LogP contribution in [0.5, 0.6) is 17.2 Å². The number of methoxy groups -OCH3 is 1. The topological polar surface area (TPSA) is 112 Å². The Morgan fingerprint density at radius 1 is 1.13 bits per heavy atom. The van der Waals surface area contributed by atoms with Gasteiger partial charge >= 0.3 is 5.97 Å². The lowest BCUT2D eigenvalue weighted by molar-refractivity contribution is -0.139. The number of hydrogen-bond donors (Lipinski definition) is 0. The van der Waals surface area contributed by atoms with Crippen LogP contribution in [0, 0.1) is 18.5 Å². The standard InChI is InChI=1S/C35H31I2N3O6S/c1-6-44-34(42)30-20(4)39-35-40(31(30)23-11-12-27(46-19(2)3)28(14-23)43-5)33(41)29(47-35)15-24-13-25(36)16-26(37)32(24)45-18-22-9-7-21(17-38)8-10-22/h7-16,19,31H,6,18H2,1-5H3/b29-15+/t31-/m0/s1. The molecular formula is C35H31I2N3O6S. The molecule has 47 heavy (non-hydrogen) atoms. The predicted octanol–water partition coefficient (Wildman–Crippen LogP) is 6.25. The van der Waals surface area contributed by atoms with Gasteiger partial charge < -0.3 is 18.9 Å². The van der Waals surface area contributed by atoms with Crippen molar-refractivity contribution in [3.63, 3.8) is 0 Å². The molecule has 2 heterocycles. The maximum atomic E-state index is 14.3. The van der Waals surface area contributed by atoms with E-state index >= 15 is 0 Å². The second-order valence-electron chi connectivity index (χ2n) is 10.8. The second kappa shape index (κ2) is 15.0. The Kier molecular flexibility index (Phi) is 11.1. The molecule has 1 aliphatic rings. The molecule has 0 saturated heterocycles. The highest BCUT2D eigenvalue weighted by molar-refractivity contribution is 14.1. The van der Waals surface area contributed by atoms with Crippen LogP contribution in [0.2, 0.25) is 0 Å². The Hall–Kier alpha value is -3.68. The first-order valence-corrected chi connectivity index (χ1v) is 17.7. The fourth-order valence-electron chi connectivity index (χ4n) is 5.12. The van der Waals surface area contributed by atoms with Gasteiger partial charge in [-0.3, -0.25) is 9.36 Å². The van der Waals surface area contributed by atoms with Crippen molar-refractivity contribution >= 4 is 68.6 Å². The Morgan fingerprint density at radius 3 is 2.53 bits per heavy atom. The summed E-state index contributed by atoms with van der Waals surface area (Å²) in [7, 11) is 1.55. The van der Waals surface area contributed by atoms with Gasteiger partial charge in [0, 0.05) is 9.13 Å². The molecule has 3 aromatic carbocycles. The number of benzene rings is 3. The average molecular weight is 876 g/mol. The van der Waals surface area contributed by atoms with Crippen molar-refractivity contribution in [3.05, 3.63) is 115 Å². The van der Waals surface area contributed by atoms with Crippen LogP contribution < -0.4 is 29.1 Å². The Morgan fingerprint density at radius 2 is 1.87 bits per heavy atom. The first-order chi connectivity index (χ1) is 22.5. The lowest BCUT2D eigenvalue weighted by atomic mass is 9.95. The predicted molar refractivity (Wildman–Crippen MR) is 197 cm³/mol.